The standard InChI is InChI=1S/C6F10O3/c7-2(4(9,10)11)1(17)18-3(8,5(12,13)14)6(15,16)19-2/t2-,3+/m1/s1. The number of cyclic esters (lactones) is 1. The van der Waals surface area contributed by atoms with Gasteiger partial charge in [0.1, 0.15) is 0 Å². The van der Waals surface area contributed by atoms with E-state index in [4.69, 9.17) is 0 Å². The van der Waals surface area contributed by atoms with Gasteiger partial charge >= 0.3 is 36.1 Å². The molecule has 0 spiro atoms. The summed E-state index contributed by atoms with van der Waals surface area (Å²) in [5.74, 6) is -15.8. The van der Waals surface area contributed by atoms with E-state index in [9.17, 15) is 48.7 Å². The van der Waals surface area contributed by atoms with Crippen LogP contribution in [0.3, 0.4) is 0 Å². The molecule has 0 aromatic rings. The molecule has 13 heteroatoms. The highest BCUT2D eigenvalue weighted by Crippen LogP contribution is 2.55. The van der Waals surface area contributed by atoms with Gasteiger partial charge in [0.25, 0.3) is 0 Å². The molecular weight excluding hydrogens is 310 g/mol. The number of halogens is 10. The van der Waals surface area contributed by atoms with Gasteiger partial charge in [0.05, 0.1) is 0 Å². The molecule has 0 N–H and O–H groups in total. The summed E-state index contributed by atoms with van der Waals surface area (Å²) in [4.78, 5) is 10.4. The number of carbonyl (C=O) groups is 1. The lowest BCUT2D eigenvalue weighted by Crippen LogP contribution is -2.71. The van der Waals surface area contributed by atoms with Gasteiger partial charge in [0, 0.05) is 0 Å². The zero-order chi connectivity index (χ0) is 15.5. The third kappa shape index (κ3) is 1.99. The second-order valence-corrected chi connectivity index (χ2v) is 3.19. The van der Waals surface area contributed by atoms with Crippen LogP contribution in [-0.4, -0.2) is 36.1 Å². The molecule has 1 fully saturated rings. The average Bonchev–Trinajstić information content (AvgIpc) is 2.10. The van der Waals surface area contributed by atoms with Crippen molar-refractivity contribution in [3.8, 4) is 0 Å². The van der Waals surface area contributed by atoms with Crippen LogP contribution in [0.2, 0.25) is 0 Å². The van der Waals surface area contributed by atoms with Crippen LogP contribution in [-0.2, 0) is 14.3 Å². The van der Waals surface area contributed by atoms with Crippen molar-refractivity contribution in [2.75, 3.05) is 0 Å². The number of esters is 1. The Hall–Kier alpha value is -1.27. The monoisotopic (exact) mass is 310 g/mol. The SMILES string of the molecule is O=C1O[C@@](F)(C(F)(F)F)C(F)(F)O[C@@]1(F)C(F)(F)F. The summed E-state index contributed by atoms with van der Waals surface area (Å²) in [6.07, 6.45) is -19.6. The summed E-state index contributed by atoms with van der Waals surface area (Å²) in [6, 6.07) is 0. The Morgan fingerprint density at radius 2 is 1.26 bits per heavy atom. The highest BCUT2D eigenvalue weighted by molar-refractivity contribution is 5.80. The first kappa shape index (κ1) is 15.8. The van der Waals surface area contributed by atoms with E-state index in [0.29, 0.717) is 0 Å². The van der Waals surface area contributed by atoms with Crippen molar-refractivity contribution in [3.05, 3.63) is 0 Å². The first-order valence-corrected chi connectivity index (χ1v) is 3.91. The molecular formula is C6F10O3. The van der Waals surface area contributed by atoms with Crippen molar-refractivity contribution in [3.63, 3.8) is 0 Å². The number of alkyl halides is 10. The maximum absolute atomic E-state index is 12.9. The van der Waals surface area contributed by atoms with Crippen LogP contribution in [0.25, 0.3) is 0 Å². The van der Waals surface area contributed by atoms with Crippen LogP contribution < -0.4 is 0 Å². The number of hydrogen-bond acceptors (Lipinski definition) is 3. The largest absolute Gasteiger partial charge is 0.470 e. The normalized spacial score (nSPS) is 36.0. The molecule has 0 bridgehead atoms. The summed E-state index contributed by atoms with van der Waals surface area (Å²) < 4.78 is 127. The van der Waals surface area contributed by atoms with E-state index >= 15 is 0 Å². The third-order valence-corrected chi connectivity index (χ3v) is 1.87. The fourth-order valence-electron chi connectivity index (χ4n) is 0.933. The molecule has 2 atom stereocenters. The first-order valence-electron chi connectivity index (χ1n) is 3.91. The van der Waals surface area contributed by atoms with Crippen molar-refractivity contribution in [2.45, 2.75) is 30.2 Å². The van der Waals surface area contributed by atoms with Crippen LogP contribution in [0, 0.1) is 0 Å². The number of carbonyl (C=O) groups excluding carboxylic acids is 1. The van der Waals surface area contributed by atoms with Crippen LogP contribution in [0.5, 0.6) is 0 Å². The van der Waals surface area contributed by atoms with Crippen molar-refractivity contribution >= 4 is 5.97 Å². The minimum Gasteiger partial charge on any atom is -0.408 e. The lowest BCUT2D eigenvalue weighted by molar-refractivity contribution is -0.516. The smallest absolute Gasteiger partial charge is 0.408 e. The van der Waals surface area contributed by atoms with Gasteiger partial charge in [-0.1, -0.05) is 0 Å². The van der Waals surface area contributed by atoms with Gasteiger partial charge in [-0.2, -0.15) is 43.9 Å². The molecule has 1 aliphatic rings. The molecule has 3 nitrogen and oxygen atoms in total. The Morgan fingerprint density at radius 3 is 1.58 bits per heavy atom. The fourth-order valence-corrected chi connectivity index (χ4v) is 0.933. The molecule has 0 aromatic carbocycles. The molecule has 0 aromatic heterocycles. The Labute approximate surface area is 95.6 Å². The molecule has 112 valence electrons. The fraction of sp³-hybridized carbons (Fsp3) is 0.833. The molecule has 0 unspecified atom stereocenters. The van der Waals surface area contributed by atoms with Crippen LogP contribution in [0.15, 0.2) is 0 Å². The van der Waals surface area contributed by atoms with Crippen molar-refractivity contribution < 1.29 is 58.2 Å². The van der Waals surface area contributed by atoms with E-state index < -0.39 is 36.1 Å². The van der Waals surface area contributed by atoms with Gasteiger partial charge in [0.15, 0.2) is 0 Å². The lowest BCUT2D eigenvalue weighted by atomic mass is 10.2. The molecule has 0 saturated carbocycles. The van der Waals surface area contributed by atoms with Crippen LogP contribution >= 0.6 is 0 Å². The van der Waals surface area contributed by atoms with Crippen LogP contribution in [0.1, 0.15) is 0 Å². The Balaban J connectivity index is 3.32. The van der Waals surface area contributed by atoms with Crippen molar-refractivity contribution in [2.24, 2.45) is 0 Å². The minimum atomic E-state index is -6.65. The summed E-state index contributed by atoms with van der Waals surface area (Å²) in [5, 5.41) is 0. The maximum Gasteiger partial charge on any atom is 0.470 e. The lowest BCUT2D eigenvalue weighted by Gasteiger charge is -2.41. The Morgan fingerprint density at radius 1 is 0.842 bits per heavy atom. The predicted octanol–water partition coefficient (Wildman–Crippen LogP) is 2.61. The summed E-state index contributed by atoms with van der Waals surface area (Å²) in [6.45, 7) is 0. The van der Waals surface area contributed by atoms with E-state index in [-0.39, 0.29) is 0 Å². The van der Waals surface area contributed by atoms with Gasteiger partial charge in [0.2, 0.25) is 0 Å². The van der Waals surface area contributed by atoms with Gasteiger partial charge in [-0.15, -0.1) is 0 Å². The molecule has 1 heterocycles. The molecule has 1 rings (SSSR count). The van der Waals surface area contributed by atoms with Gasteiger partial charge in [-0.25, -0.2) is 4.79 Å². The van der Waals surface area contributed by atoms with Gasteiger partial charge in [-0.05, 0) is 0 Å². The van der Waals surface area contributed by atoms with E-state index in [1.54, 1.807) is 0 Å². The van der Waals surface area contributed by atoms with Gasteiger partial charge < -0.3 is 4.74 Å². The predicted molar refractivity (Wildman–Crippen MR) is 31.9 cm³/mol. The first-order chi connectivity index (χ1) is 8.08. The molecule has 0 amide bonds. The Kier molecular flexibility index (Phi) is 3.02. The molecule has 1 aliphatic heterocycles. The van der Waals surface area contributed by atoms with E-state index in [1.807, 2.05) is 0 Å². The number of rotatable bonds is 0. The van der Waals surface area contributed by atoms with E-state index in [0.717, 1.165) is 0 Å². The quantitative estimate of drug-likeness (QED) is 0.510. The summed E-state index contributed by atoms with van der Waals surface area (Å²) in [7, 11) is 0. The maximum atomic E-state index is 12.9. The van der Waals surface area contributed by atoms with E-state index in [1.165, 1.54) is 0 Å². The summed E-state index contributed by atoms with van der Waals surface area (Å²) >= 11 is 0. The Bertz CT molecular complexity index is 399. The van der Waals surface area contributed by atoms with E-state index in [2.05, 4.69) is 9.47 Å². The molecule has 1 saturated heterocycles. The highest BCUT2D eigenvalue weighted by atomic mass is 19.4. The van der Waals surface area contributed by atoms with Crippen LogP contribution in [0.4, 0.5) is 43.9 Å². The molecule has 19 heavy (non-hydrogen) atoms. The average molecular weight is 310 g/mol. The van der Waals surface area contributed by atoms with Crippen molar-refractivity contribution in [1.29, 1.82) is 0 Å². The van der Waals surface area contributed by atoms with Crippen molar-refractivity contribution in [1.82, 2.24) is 0 Å². The molecule has 0 aliphatic carbocycles. The second-order valence-electron chi connectivity index (χ2n) is 3.19. The number of ether oxygens (including phenoxy) is 2. The second kappa shape index (κ2) is 3.64. The highest BCUT2D eigenvalue weighted by Gasteiger charge is 2.86. The molecule has 0 radical (unpaired) electrons. The zero-order valence-electron chi connectivity index (χ0n) is 8.00. The van der Waals surface area contributed by atoms with Gasteiger partial charge in [-0.3, -0.25) is 4.74 Å². The summed E-state index contributed by atoms with van der Waals surface area (Å²) in [5.41, 5.74) is 0. The topological polar surface area (TPSA) is 35.5 Å². The number of hydrogen-bond donors (Lipinski definition) is 0. The minimum absolute atomic E-state index is 2.09. The third-order valence-electron chi connectivity index (χ3n) is 1.87. The zero-order valence-corrected chi connectivity index (χ0v) is 8.00.